The average Bonchev–Trinajstić information content (AvgIpc) is 3.03. The fourth-order valence-corrected chi connectivity index (χ4v) is 3.73. The number of nitrogens with one attached hydrogen (secondary N) is 1. The largest absolute Gasteiger partial charge is 0.491 e. The van der Waals surface area contributed by atoms with Gasteiger partial charge >= 0.3 is 0 Å². The number of halogens is 1. The molecule has 0 amide bonds. The van der Waals surface area contributed by atoms with Gasteiger partial charge in [0.1, 0.15) is 0 Å². The monoisotopic (exact) mass is 359 g/mol. The Morgan fingerprint density at radius 2 is 2.17 bits per heavy atom. The molecule has 5 nitrogen and oxygen atoms in total. The van der Waals surface area contributed by atoms with Gasteiger partial charge in [0, 0.05) is 6.54 Å². The molecule has 0 aliphatic carbocycles. The summed E-state index contributed by atoms with van der Waals surface area (Å²) in [6.45, 7) is 2.06. The van der Waals surface area contributed by atoms with Gasteiger partial charge in [-0.25, -0.2) is 17.5 Å². The summed E-state index contributed by atoms with van der Waals surface area (Å²) in [4.78, 5) is -0.177. The van der Waals surface area contributed by atoms with Gasteiger partial charge in [-0.15, -0.1) is 0 Å². The summed E-state index contributed by atoms with van der Waals surface area (Å²) in [6, 6.07) is 5.27. The van der Waals surface area contributed by atoms with E-state index >= 15 is 0 Å². The second kappa shape index (κ2) is 7.87. The number of rotatable bonds is 8. The van der Waals surface area contributed by atoms with Crippen LogP contribution in [0, 0.1) is 5.82 Å². The summed E-state index contributed by atoms with van der Waals surface area (Å²) in [5.74, 6) is -0.715. The van der Waals surface area contributed by atoms with Crippen molar-refractivity contribution in [3.05, 3.63) is 46.4 Å². The quantitative estimate of drug-likeness (QED) is 0.760. The van der Waals surface area contributed by atoms with E-state index in [2.05, 4.69) is 4.72 Å². The summed E-state index contributed by atoms with van der Waals surface area (Å²) in [5, 5.41) is 13.6. The van der Waals surface area contributed by atoms with Crippen LogP contribution in [0.15, 0.2) is 39.9 Å². The first-order valence-corrected chi connectivity index (χ1v) is 9.49. The number of aliphatic hydroxyl groups excluding tert-OH is 1. The normalized spacial score (nSPS) is 13.0. The van der Waals surface area contributed by atoms with Crippen molar-refractivity contribution in [2.75, 3.05) is 13.2 Å². The van der Waals surface area contributed by atoms with Gasteiger partial charge in [-0.3, -0.25) is 0 Å². The van der Waals surface area contributed by atoms with Gasteiger partial charge in [0.25, 0.3) is 0 Å². The highest BCUT2D eigenvalue weighted by Crippen LogP contribution is 2.22. The van der Waals surface area contributed by atoms with Crippen LogP contribution < -0.4 is 9.46 Å². The summed E-state index contributed by atoms with van der Waals surface area (Å²) in [6.07, 6.45) is -0.504. The highest BCUT2D eigenvalue weighted by molar-refractivity contribution is 7.89. The molecule has 1 aromatic carbocycles. The van der Waals surface area contributed by atoms with Gasteiger partial charge in [-0.1, -0.05) is 0 Å². The molecule has 1 heterocycles. The minimum absolute atomic E-state index is 0.0133. The molecule has 0 saturated carbocycles. The highest BCUT2D eigenvalue weighted by Gasteiger charge is 2.17. The molecule has 0 spiro atoms. The Morgan fingerprint density at radius 3 is 2.78 bits per heavy atom. The van der Waals surface area contributed by atoms with Crippen LogP contribution in [0.4, 0.5) is 4.39 Å². The van der Waals surface area contributed by atoms with Crippen molar-refractivity contribution in [2.24, 2.45) is 0 Å². The lowest BCUT2D eigenvalue weighted by molar-refractivity contribution is 0.169. The molecule has 1 aromatic heterocycles. The molecule has 0 saturated heterocycles. The molecule has 126 valence electrons. The molecule has 0 radical (unpaired) electrons. The second-order valence-corrected chi connectivity index (χ2v) is 7.33. The first-order chi connectivity index (χ1) is 10.9. The Labute approximate surface area is 138 Å². The fraction of sp³-hybridized carbons (Fsp3) is 0.333. The highest BCUT2D eigenvalue weighted by atomic mass is 32.2. The predicted molar refractivity (Wildman–Crippen MR) is 86.7 cm³/mol. The van der Waals surface area contributed by atoms with E-state index in [4.69, 9.17) is 4.74 Å². The first-order valence-electron chi connectivity index (χ1n) is 7.06. The summed E-state index contributed by atoms with van der Waals surface area (Å²) in [7, 11) is -3.83. The maximum atomic E-state index is 13.7. The van der Waals surface area contributed by atoms with Crippen LogP contribution in [-0.4, -0.2) is 26.7 Å². The van der Waals surface area contributed by atoms with E-state index in [0.717, 1.165) is 11.6 Å². The van der Waals surface area contributed by atoms with E-state index in [-0.39, 0.29) is 23.6 Å². The molecule has 0 fully saturated rings. The Morgan fingerprint density at radius 1 is 1.39 bits per heavy atom. The number of thiophene rings is 1. The van der Waals surface area contributed by atoms with E-state index < -0.39 is 21.9 Å². The van der Waals surface area contributed by atoms with E-state index in [0.29, 0.717) is 6.61 Å². The Hall–Kier alpha value is -1.48. The zero-order chi connectivity index (χ0) is 16.9. The average molecular weight is 359 g/mol. The third kappa shape index (κ3) is 4.74. The topological polar surface area (TPSA) is 75.6 Å². The van der Waals surface area contributed by atoms with Gasteiger partial charge in [0.05, 0.1) is 17.6 Å². The van der Waals surface area contributed by atoms with Crippen LogP contribution in [-0.2, 0) is 10.0 Å². The number of aliphatic hydroxyl groups is 1. The molecule has 0 bridgehead atoms. The predicted octanol–water partition coefficient (Wildman–Crippen LogP) is 2.69. The summed E-state index contributed by atoms with van der Waals surface area (Å²) >= 11 is 1.46. The van der Waals surface area contributed by atoms with Crippen molar-refractivity contribution in [1.29, 1.82) is 0 Å². The van der Waals surface area contributed by atoms with Crippen molar-refractivity contribution >= 4 is 21.4 Å². The van der Waals surface area contributed by atoms with E-state index in [1.165, 1.54) is 23.5 Å². The van der Waals surface area contributed by atoms with Gasteiger partial charge < -0.3 is 9.84 Å². The van der Waals surface area contributed by atoms with Crippen molar-refractivity contribution in [3.63, 3.8) is 0 Å². The van der Waals surface area contributed by atoms with Crippen LogP contribution in [0.3, 0.4) is 0 Å². The van der Waals surface area contributed by atoms with E-state index in [1.54, 1.807) is 18.4 Å². The number of sulfonamides is 1. The Balaban J connectivity index is 1.97. The molecule has 8 heteroatoms. The lowest BCUT2D eigenvalue weighted by Crippen LogP contribution is -2.26. The van der Waals surface area contributed by atoms with Crippen molar-refractivity contribution in [3.8, 4) is 5.75 Å². The van der Waals surface area contributed by atoms with Gasteiger partial charge in [0.15, 0.2) is 11.6 Å². The molecule has 23 heavy (non-hydrogen) atoms. The van der Waals surface area contributed by atoms with Gasteiger partial charge in [0.2, 0.25) is 10.0 Å². The third-order valence-electron chi connectivity index (χ3n) is 3.15. The maximum absolute atomic E-state index is 13.7. The number of hydrogen-bond acceptors (Lipinski definition) is 5. The molecular weight excluding hydrogens is 341 g/mol. The van der Waals surface area contributed by atoms with Crippen LogP contribution in [0.25, 0.3) is 0 Å². The third-order valence-corrected chi connectivity index (χ3v) is 5.31. The second-order valence-electron chi connectivity index (χ2n) is 4.78. The fourth-order valence-electron chi connectivity index (χ4n) is 1.97. The first kappa shape index (κ1) is 17.9. The lowest BCUT2D eigenvalue weighted by atomic mass is 10.1. The number of ether oxygens (including phenoxy) is 1. The van der Waals surface area contributed by atoms with Crippen LogP contribution in [0.1, 0.15) is 25.0 Å². The Bertz CT molecular complexity index is 732. The van der Waals surface area contributed by atoms with Crippen molar-refractivity contribution in [2.45, 2.75) is 24.3 Å². The number of hydrogen-bond donors (Lipinski definition) is 2. The molecule has 0 aliphatic rings. The number of benzene rings is 1. The van der Waals surface area contributed by atoms with Crippen molar-refractivity contribution in [1.82, 2.24) is 4.72 Å². The molecule has 2 N–H and O–H groups in total. The maximum Gasteiger partial charge on any atom is 0.240 e. The molecule has 2 rings (SSSR count). The Kier molecular flexibility index (Phi) is 6.11. The minimum Gasteiger partial charge on any atom is -0.491 e. The molecule has 2 aromatic rings. The molecule has 1 atom stereocenters. The molecule has 0 unspecified atom stereocenters. The zero-order valence-corrected chi connectivity index (χ0v) is 14.2. The lowest BCUT2D eigenvalue weighted by Gasteiger charge is -2.11. The van der Waals surface area contributed by atoms with Gasteiger partial charge in [-0.2, -0.15) is 11.3 Å². The molecular formula is C15H18FNO4S2. The molecule has 0 aliphatic heterocycles. The summed E-state index contributed by atoms with van der Waals surface area (Å²) in [5.41, 5.74) is 0.751. The standard InChI is InChI=1S/C15H18FNO4S2/c1-2-21-15-4-3-12(9-13(15)16)23(19,20)17-7-5-14(18)11-6-8-22-10-11/h3-4,6,8-10,14,17-18H,2,5,7H2,1H3/t14-/m0/s1. The van der Waals surface area contributed by atoms with Crippen LogP contribution in [0.2, 0.25) is 0 Å². The van der Waals surface area contributed by atoms with Gasteiger partial charge in [-0.05, 0) is 53.9 Å². The van der Waals surface area contributed by atoms with Crippen LogP contribution >= 0.6 is 11.3 Å². The van der Waals surface area contributed by atoms with Crippen LogP contribution in [0.5, 0.6) is 5.75 Å². The van der Waals surface area contributed by atoms with Crippen molar-refractivity contribution < 1.29 is 22.7 Å². The summed E-state index contributed by atoms with van der Waals surface area (Å²) < 4.78 is 45.4. The van der Waals surface area contributed by atoms with E-state index in [9.17, 15) is 17.9 Å². The zero-order valence-electron chi connectivity index (χ0n) is 12.5. The smallest absolute Gasteiger partial charge is 0.240 e. The minimum atomic E-state index is -3.83. The SMILES string of the molecule is CCOc1ccc(S(=O)(=O)NCC[C@H](O)c2ccsc2)cc1F. The van der Waals surface area contributed by atoms with E-state index in [1.807, 2.05) is 5.38 Å².